The second kappa shape index (κ2) is 11.5. The summed E-state index contributed by atoms with van der Waals surface area (Å²) in [6.07, 6.45) is 0.344. The summed E-state index contributed by atoms with van der Waals surface area (Å²) in [6, 6.07) is 7.30. The highest BCUT2D eigenvalue weighted by molar-refractivity contribution is 7.90. The number of ether oxygens (including phenoxy) is 4. The molecule has 1 saturated heterocycles. The monoisotopic (exact) mass is 537 g/mol. The van der Waals surface area contributed by atoms with Crippen molar-refractivity contribution in [3.8, 4) is 5.75 Å². The molecule has 4 rings (SSSR count). The van der Waals surface area contributed by atoms with E-state index in [9.17, 15) is 18.0 Å². The van der Waals surface area contributed by atoms with Crippen LogP contribution in [0.4, 0.5) is 0 Å². The van der Waals surface area contributed by atoms with Gasteiger partial charge in [-0.1, -0.05) is 12.1 Å². The van der Waals surface area contributed by atoms with Gasteiger partial charge in [0.25, 0.3) is 11.5 Å². The number of carbonyl (C=O) groups is 1. The number of carbonyl (C=O) groups excluding carboxylic acids is 1. The van der Waals surface area contributed by atoms with Gasteiger partial charge in [0.2, 0.25) is 5.82 Å². The fourth-order valence-electron chi connectivity index (χ4n) is 3.68. The number of hydrogen-bond acceptors (Lipinski definition) is 10. The van der Waals surface area contributed by atoms with Crippen LogP contribution >= 0.6 is 11.3 Å². The summed E-state index contributed by atoms with van der Waals surface area (Å²) in [5, 5.41) is 4.89. The molecule has 2 atom stereocenters. The van der Waals surface area contributed by atoms with E-state index in [1.165, 1.54) is 11.3 Å². The van der Waals surface area contributed by atoms with Crippen LogP contribution in [0.15, 0.2) is 34.4 Å². The zero-order valence-corrected chi connectivity index (χ0v) is 21.4. The maximum atomic E-state index is 12.7. The quantitative estimate of drug-likeness (QED) is 0.390. The molecule has 36 heavy (non-hydrogen) atoms. The van der Waals surface area contributed by atoms with E-state index in [-0.39, 0.29) is 50.7 Å². The van der Waals surface area contributed by atoms with Crippen LogP contribution in [0.1, 0.15) is 21.7 Å². The van der Waals surface area contributed by atoms with Crippen LogP contribution in [-0.4, -0.2) is 75.4 Å². The number of sulfone groups is 1. The van der Waals surface area contributed by atoms with Gasteiger partial charge in [-0.25, -0.2) is 13.4 Å². The molecule has 0 aliphatic carbocycles. The maximum Gasteiger partial charge on any atom is 0.287 e. The number of aromatic nitrogens is 2. The number of rotatable bonds is 10. The Morgan fingerprint density at radius 2 is 2.06 bits per heavy atom. The fourth-order valence-corrected chi connectivity index (χ4v) is 5.48. The molecule has 0 bridgehead atoms. The molecule has 194 valence electrons. The Morgan fingerprint density at radius 3 is 2.78 bits per heavy atom. The van der Waals surface area contributed by atoms with Crippen molar-refractivity contribution in [3.63, 3.8) is 0 Å². The summed E-state index contributed by atoms with van der Waals surface area (Å²) >= 11 is 1.25. The van der Waals surface area contributed by atoms with E-state index in [2.05, 4.69) is 15.3 Å². The minimum absolute atomic E-state index is 0.0684. The number of nitrogens with one attached hydrogen (secondary N) is 2. The molecule has 1 amide bonds. The number of amides is 1. The molecule has 2 aromatic heterocycles. The summed E-state index contributed by atoms with van der Waals surface area (Å²) in [4.78, 5) is 32.6. The molecule has 13 heteroatoms. The van der Waals surface area contributed by atoms with Crippen molar-refractivity contribution in [2.75, 3.05) is 38.9 Å². The maximum absolute atomic E-state index is 12.7. The average Bonchev–Trinajstić information content (AvgIpc) is 3.26. The predicted molar refractivity (Wildman–Crippen MR) is 133 cm³/mol. The largest absolute Gasteiger partial charge is 0.497 e. The molecule has 0 radical (unpaired) electrons. The van der Waals surface area contributed by atoms with Gasteiger partial charge in [-0.15, -0.1) is 11.3 Å². The van der Waals surface area contributed by atoms with Gasteiger partial charge in [-0.2, -0.15) is 0 Å². The first-order valence-corrected chi connectivity index (χ1v) is 14.1. The predicted octanol–water partition coefficient (Wildman–Crippen LogP) is 1.27. The van der Waals surface area contributed by atoms with Gasteiger partial charge in [0, 0.05) is 18.4 Å². The molecule has 3 heterocycles. The van der Waals surface area contributed by atoms with Crippen molar-refractivity contribution in [2.24, 2.45) is 0 Å². The van der Waals surface area contributed by atoms with Gasteiger partial charge < -0.3 is 29.2 Å². The van der Waals surface area contributed by atoms with Gasteiger partial charge in [-0.3, -0.25) is 9.59 Å². The van der Waals surface area contributed by atoms with Crippen LogP contribution in [0.3, 0.4) is 0 Å². The molecule has 1 aliphatic rings. The molecule has 2 N–H and O–H groups in total. The summed E-state index contributed by atoms with van der Waals surface area (Å²) in [5.74, 6) is 0.0349. The first kappa shape index (κ1) is 26.2. The van der Waals surface area contributed by atoms with Crippen LogP contribution in [0.2, 0.25) is 0 Å². The first-order chi connectivity index (χ1) is 17.2. The SMILES string of the molecule is COc1cccc(CNC(=O)c2nc3scc(COCC4COC(CS(C)(=O)=O)CO4)c3c(=O)[nH]2)c1. The van der Waals surface area contributed by atoms with E-state index >= 15 is 0 Å². The molecule has 11 nitrogen and oxygen atoms in total. The normalized spacial score (nSPS) is 18.3. The molecular formula is C23H27N3O8S2. The summed E-state index contributed by atoms with van der Waals surface area (Å²) in [7, 11) is -1.57. The van der Waals surface area contributed by atoms with Crippen molar-refractivity contribution in [1.29, 1.82) is 0 Å². The van der Waals surface area contributed by atoms with E-state index in [1.54, 1.807) is 12.5 Å². The Balaban J connectivity index is 1.31. The Morgan fingerprint density at radius 1 is 1.28 bits per heavy atom. The van der Waals surface area contributed by atoms with Crippen molar-refractivity contribution >= 4 is 37.3 Å². The van der Waals surface area contributed by atoms with Crippen LogP contribution < -0.4 is 15.6 Å². The molecule has 1 fully saturated rings. The molecule has 1 aliphatic heterocycles. The Kier molecular flexibility index (Phi) is 8.36. The zero-order valence-electron chi connectivity index (χ0n) is 19.8. The van der Waals surface area contributed by atoms with Crippen molar-refractivity contribution in [2.45, 2.75) is 25.4 Å². The van der Waals surface area contributed by atoms with Crippen molar-refractivity contribution in [3.05, 3.63) is 57.0 Å². The minimum Gasteiger partial charge on any atom is -0.497 e. The molecule has 2 unspecified atom stereocenters. The smallest absolute Gasteiger partial charge is 0.287 e. The summed E-state index contributed by atoms with van der Waals surface area (Å²) in [5.41, 5.74) is 1.07. The minimum atomic E-state index is -3.14. The Bertz CT molecular complexity index is 1380. The highest BCUT2D eigenvalue weighted by Gasteiger charge is 2.25. The third-order valence-electron chi connectivity index (χ3n) is 5.41. The van der Waals surface area contributed by atoms with Gasteiger partial charge >= 0.3 is 0 Å². The Labute approximate surface area is 211 Å². The van der Waals surface area contributed by atoms with Gasteiger partial charge in [-0.05, 0) is 23.1 Å². The number of fused-ring (bicyclic) bond motifs is 1. The number of thiophene rings is 1. The number of H-pyrrole nitrogens is 1. The van der Waals surface area contributed by atoms with Gasteiger partial charge in [0.1, 0.15) is 26.5 Å². The zero-order chi connectivity index (χ0) is 25.7. The number of hydrogen-bond donors (Lipinski definition) is 2. The second-order valence-corrected chi connectivity index (χ2v) is 11.5. The van der Waals surface area contributed by atoms with Gasteiger partial charge in [0.15, 0.2) is 0 Å². The van der Waals surface area contributed by atoms with E-state index in [1.807, 2.05) is 24.3 Å². The highest BCUT2D eigenvalue weighted by atomic mass is 32.2. The van der Waals surface area contributed by atoms with Crippen LogP contribution in [0.25, 0.3) is 10.2 Å². The lowest BCUT2D eigenvalue weighted by Gasteiger charge is -2.28. The average molecular weight is 538 g/mol. The molecule has 1 aromatic carbocycles. The van der Waals surface area contributed by atoms with Crippen LogP contribution in [-0.2, 0) is 37.2 Å². The fraction of sp³-hybridized carbons (Fsp3) is 0.435. The van der Waals surface area contributed by atoms with E-state index in [0.29, 0.717) is 21.5 Å². The topological polar surface area (TPSA) is 146 Å². The van der Waals surface area contributed by atoms with Crippen molar-refractivity contribution < 1.29 is 32.2 Å². The van der Waals surface area contributed by atoms with Crippen LogP contribution in [0, 0.1) is 0 Å². The third-order valence-corrected chi connectivity index (χ3v) is 7.31. The molecule has 0 saturated carbocycles. The van der Waals surface area contributed by atoms with Crippen molar-refractivity contribution in [1.82, 2.24) is 15.3 Å². The Hall–Kier alpha value is -2.84. The van der Waals surface area contributed by atoms with Gasteiger partial charge in [0.05, 0.1) is 50.8 Å². The number of nitrogens with zero attached hydrogens (tertiary/aromatic N) is 1. The summed E-state index contributed by atoms with van der Waals surface area (Å²) in [6.45, 7) is 1.02. The third kappa shape index (κ3) is 6.89. The lowest BCUT2D eigenvalue weighted by Crippen LogP contribution is -2.41. The summed E-state index contributed by atoms with van der Waals surface area (Å²) < 4.78 is 44.8. The number of aromatic amines is 1. The second-order valence-electron chi connectivity index (χ2n) is 8.41. The molecule has 0 spiro atoms. The first-order valence-electron chi connectivity index (χ1n) is 11.1. The lowest BCUT2D eigenvalue weighted by atomic mass is 10.2. The van der Waals surface area contributed by atoms with E-state index in [0.717, 1.165) is 11.8 Å². The standard InChI is InChI=1S/C23H27N3O8S2/c1-31-16-5-3-4-14(6-16)7-24-22(28)20-25-21(27)19-15(12-35-23(19)26-20)8-32-9-17-10-34-18(11-33-17)13-36(2,29)30/h3-6,12,17-18H,7-11,13H2,1-2H3,(H,24,28)(H,25,26,27). The van der Waals surface area contributed by atoms with E-state index < -0.39 is 27.4 Å². The lowest BCUT2D eigenvalue weighted by molar-refractivity contribution is -0.146. The molecular weight excluding hydrogens is 510 g/mol. The highest BCUT2D eigenvalue weighted by Crippen LogP contribution is 2.22. The number of benzene rings is 1. The molecule has 3 aromatic rings. The number of methoxy groups -OCH3 is 1. The van der Waals surface area contributed by atoms with E-state index in [4.69, 9.17) is 18.9 Å². The van der Waals surface area contributed by atoms with Crippen LogP contribution in [0.5, 0.6) is 5.75 Å².